The van der Waals surface area contributed by atoms with Crippen LogP contribution in [0.2, 0.25) is 0 Å². The molecule has 3 atom stereocenters. The minimum absolute atomic E-state index is 0.0367. The van der Waals surface area contributed by atoms with Crippen LogP contribution in [0.1, 0.15) is 36.4 Å². The van der Waals surface area contributed by atoms with Gasteiger partial charge in [0.05, 0.1) is 13.7 Å². The molecule has 4 rings (SSSR count). The first-order chi connectivity index (χ1) is 14.9. The first-order valence-electron chi connectivity index (χ1n) is 10.5. The fourth-order valence-corrected chi connectivity index (χ4v) is 4.75. The van der Waals surface area contributed by atoms with Gasteiger partial charge in [0.1, 0.15) is 12.1 Å². The van der Waals surface area contributed by atoms with Gasteiger partial charge >= 0.3 is 6.18 Å². The highest BCUT2D eigenvalue weighted by molar-refractivity contribution is 5.37. The van der Waals surface area contributed by atoms with Crippen LogP contribution >= 0.6 is 0 Å². The number of aromatic nitrogens is 3. The predicted molar refractivity (Wildman–Crippen MR) is 109 cm³/mol. The van der Waals surface area contributed by atoms with E-state index in [4.69, 9.17) is 9.47 Å². The van der Waals surface area contributed by atoms with E-state index in [0.29, 0.717) is 19.7 Å². The maximum atomic E-state index is 13.6. The number of halogens is 3. The molecule has 31 heavy (non-hydrogen) atoms. The second kappa shape index (κ2) is 9.04. The number of nitrogens with zero attached hydrogens (tertiary/aromatic N) is 4. The first kappa shape index (κ1) is 21.9. The Hall–Kier alpha value is -2.33. The summed E-state index contributed by atoms with van der Waals surface area (Å²) in [7, 11) is 3.30. The molecular formula is C21H28F3N5O2. The van der Waals surface area contributed by atoms with E-state index in [9.17, 15) is 13.2 Å². The monoisotopic (exact) mass is 439 g/mol. The van der Waals surface area contributed by atoms with Gasteiger partial charge in [-0.05, 0) is 49.4 Å². The number of piperidine rings is 1. The van der Waals surface area contributed by atoms with Crippen molar-refractivity contribution in [2.24, 2.45) is 5.92 Å². The van der Waals surface area contributed by atoms with Gasteiger partial charge in [0, 0.05) is 31.8 Å². The molecule has 1 saturated heterocycles. The van der Waals surface area contributed by atoms with Crippen molar-refractivity contribution in [2.75, 3.05) is 32.6 Å². The van der Waals surface area contributed by atoms with Crippen LogP contribution in [-0.4, -0.2) is 59.2 Å². The number of nitrogens with one attached hydrogen (secondary N) is 1. The lowest BCUT2D eigenvalue weighted by Crippen LogP contribution is -2.47. The zero-order valence-electron chi connectivity index (χ0n) is 17.7. The third-order valence-electron chi connectivity index (χ3n) is 6.20. The number of fused-ring (bicyclic) bond motifs is 1. The van der Waals surface area contributed by atoms with Crippen molar-refractivity contribution in [3.8, 4) is 5.75 Å². The highest BCUT2D eigenvalue weighted by Crippen LogP contribution is 2.41. The lowest BCUT2D eigenvalue weighted by Gasteiger charge is -2.41. The Bertz CT molecular complexity index is 888. The Balaban J connectivity index is 1.48. The van der Waals surface area contributed by atoms with Crippen molar-refractivity contribution in [2.45, 2.75) is 50.7 Å². The van der Waals surface area contributed by atoms with Crippen molar-refractivity contribution in [3.63, 3.8) is 0 Å². The van der Waals surface area contributed by atoms with Crippen molar-refractivity contribution >= 4 is 5.95 Å². The van der Waals surface area contributed by atoms with Gasteiger partial charge < -0.3 is 14.8 Å². The van der Waals surface area contributed by atoms with Crippen LogP contribution in [0.3, 0.4) is 0 Å². The number of methoxy groups -OCH3 is 2. The Kier molecular flexibility index (Phi) is 6.38. The highest BCUT2D eigenvalue weighted by Gasteiger charge is 2.48. The van der Waals surface area contributed by atoms with E-state index in [-0.39, 0.29) is 24.3 Å². The molecule has 0 bridgehead atoms. The zero-order chi connectivity index (χ0) is 22.0. The maximum Gasteiger partial charge on any atom is 0.411 e. The van der Waals surface area contributed by atoms with E-state index in [2.05, 4.69) is 26.4 Å². The summed E-state index contributed by atoms with van der Waals surface area (Å²) in [6, 6.07) is 4.05. The summed E-state index contributed by atoms with van der Waals surface area (Å²) in [5.41, 5.74) is 2.12. The zero-order valence-corrected chi connectivity index (χ0v) is 17.7. The summed E-state index contributed by atoms with van der Waals surface area (Å²) < 4.78 is 52.6. The summed E-state index contributed by atoms with van der Waals surface area (Å²) in [6.07, 6.45) is -1.40. The fraction of sp³-hybridized carbons (Fsp3) is 0.619. The summed E-state index contributed by atoms with van der Waals surface area (Å²) >= 11 is 0. The molecule has 2 aliphatic heterocycles. The first-order valence-corrected chi connectivity index (χ1v) is 10.5. The molecule has 2 aliphatic rings. The van der Waals surface area contributed by atoms with E-state index >= 15 is 0 Å². The Morgan fingerprint density at radius 3 is 2.84 bits per heavy atom. The van der Waals surface area contributed by atoms with Crippen LogP contribution < -0.4 is 10.1 Å². The van der Waals surface area contributed by atoms with Crippen LogP contribution in [0, 0.1) is 5.92 Å². The van der Waals surface area contributed by atoms with Gasteiger partial charge in [-0.15, -0.1) is 0 Å². The van der Waals surface area contributed by atoms with Crippen LogP contribution in [0.25, 0.3) is 0 Å². The van der Waals surface area contributed by atoms with Gasteiger partial charge in [-0.2, -0.15) is 23.3 Å². The van der Waals surface area contributed by atoms with E-state index in [1.807, 2.05) is 12.1 Å². The molecule has 0 saturated carbocycles. The Labute approximate surface area is 179 Å². The molecule has 1 aromatic heterocycles. The molecule has 10 heteroatoms. The molecule has 1 fully saturated rings. The SMILES string of the molecule is COCc1ccc(OC)c(CN2CCC[C@@H]([C@@H]3C[C@H](C(F)(F)F)n4ncnc4N3)C2)c1. The second-order valence-electron chi connectivity index (χ2n) is 8.29. The third kappa shape index (κ3) is 4.79. The number of ether oxygens (including phenoxy) is 2. The summed E-state index contributed by atoms with van der Waals surface area (Å²) in [6.45, 7) is 2.82. The molecule has 1 N–H and O–H groups in total. The molecule has 0 radical (unpaired) electrons. The topological polar surface area (TPSA) is 64.4 Å². The average Bonchev–Trinajstić information content (AvgIpc) is 3.21. The van der Waals surface area contributed by atoms with Crippen molar-refractivity contribution in [3.05, 3.63) is 35.7 Å². The number of likely N-dealkylation sites (tertiary alicyclic amines) is 1. The number of anilines is 1. The predicted octanol–water partition coefficient (Wildman–Crippen LogP) is 3.63. The van der Waals surface area contributed by atoms with Crippen molar-refractivity contribution < 1.29 is 22.6 Å². The van der Waals surface area contributed by atoms with E-state index < -0.39 is 12.2 Å². The van der Waals surface area contributed by atoms with Crippen molar-refractivity contribution in [1.82, 2.24) is 19.7 Å². The van der Waals surface area contributed by atoms with Gasteiger partial charge in [0.25, 0.3) is 0 Å². The largest absolute Gasteiger partial charge is 0.496 e. The number of alkyl halides is 3. The van der Waals surface area contributed by atoms with Gasteiger partial charge in [-0.25, -0.2) is 4.68 Å². The number of rotatable bonds is 6. The Morgan fingerprint density at radius 2 is 2.10 bits per heavy atom. The van der Waals surface area contributed by atoms with Crippen LogP contribution in [0.5, 0.6) is 5.75 Å². The molecule has 1 aromatic carbocycles. The molecule has 0 unspecified atom stereocenters. The molecule has 0 aliphatic carbocycles. The normalized spacial score (nSPS) is 24.5. The van der Waals surface area contributed by atoms with Gasteiger partial charge in [-0.1, -0.05) is 6.07 Å². The summed E-state index contributed by atoms with van der Waals surface area (Å²) in [4.78, 5) is 6.30. The molecular weight excluding hydrogens is 411 g/mol. The smallest absolute Gasteiger partial charge is 0.411 e. The highest BCUT2D eigenvalue weighted by atomic mass is 19.4. The third-order valence-corrected chi connectivity index (χ3v) is 6.20. The second-order valence-corrected chi connectivity index (χ2v) is 8.29. The van der Waals surface area contributed by atoms with Gasteiger partial charge in [0.15, 0.2) is 6.04 Å². The molecule has 0 spiro atoms. The standard InChI is InChI=1S/C21H28F3N5O2/c1-30-12-14-5-6-18(31-2)16(8-14)11-28-7-3-4-15(10-28)17-9-19(21(22,23)24)29-20(27-17)25-13-26-29/h5-6,8,13,15,17,19H,3-4,7,9-12H2,1-2H3,(H,25,26,27)/t15-,17+,19-/m1/s1. The van der Waals surface area contributed by atoms with Crippen LogP contribution in [-0.2, 0) is 17.9 Å². The van der Waals surface area contributed by atoms with E-state index in [0.717, 1.165) is 40.9 Å². The van der Waals surface area contributed by atoms with E-state index in [1.165, 1.54) is 6.33 Å². The molecule has 7 nitrogen and oxygen atoms in total. The average molecular weight is 439 g/mol. The lowest BCUT2D eigenvalue weighted by molar-refractivity contribution is -0.174. The van der Waals surface area contributed by atoms with Crippen LogP contribution in [0.4, 0.5) is 19.1 Å². The Morgan fingerprint density at radius 1 is 1.26 bits per heavy atom. The van der Waals surface area contributed by atoms with Crippen molar-refractivity contribution in [1.29, 1.82) is 0 Å². The number of benzene rings is 1. The quantitative estimate of drug-likeness (QED) is 0.742. The molecule has 170 valence electrons. The number of hydrogen-bond donors (Lipinski definition) is 1. The van der Waals surface area contributed by atoms with Gasteiger partial charge in [0.2, 0.25) is 5.95 Å². The molecule has 2 aromatic rings. The van der Waals surface area contributed by atoms with Gasteiger partial charge in [-0.3, -0.25) is 4.90 Å². The lowest BCUT2D eigenvalue weighted by atomic mass is 9.85. The minimum Gasteiger partial charge on any atom is -0.496 e. The summed E-state index contributed by atoms with van der Waals surface area (Å²) in [5, 5.41) is 6.99. The van der Waals surface area contributed by atoms with Crippen LogP contribution in [0.15, 0.2) is 24.5 Å². The number of hydrogen-bond acceptors (Lipinski definition) is 6. The minimum atomic E-state index is -4.35. The van der Waals surface area contributed by atoms with E-state index in [1.54, 1.807) is 14.2 Å². The fourth-order valence-electron chi connectivity index (χ4n) is 4.75. The maximum absolute atomic E-state index is 13.6. The molecule has 3 heterocycles. The summed E-state index contributed by atoms with van der Waals surface area (Å²) in [5.74, 6) is 1.10. The molecule has 0 amide bonds.